The van der Waals surface area contributed by atoms with Crippen LogP contribution in [-0.2, 0) is 31.3 Å². The number of fused-ring (bicyclic) bond motifs is 1. The van der Waals surface area contributed by atoms with Gasteiger partial charge in [0.2, 0.25) is 0 Å². The molecule has 0 bridgehead atoms. The summed E-state index contributed by atoms with van der Waals surface area (Å²) in [5.74, 6) is 0. The third-order valence-electron chi connectivity index (χ3n) is 2.11. The SMILES string of the molecule is O[C@@H]1C=C[C@H](O)c2ccccc21.[C-]#[O+].[C-]#[O+].[C-]#[O+].[CH3-].[Cr]. The monoisotopic (exact) mass is 313 g/mol. The molecular formula is C14H13CrO5-. The number of aliphatic hydroxyl groups is 2. The van der Waals surface area contributed by atoms with Crippen molar-refractivity contribution in [2.75, 3.05) is 0 Å². The Morgan fingerprint density at radius 2 is 1.00 bits per heavy atom. The van der Waals surface area contributed by atoms with Gasteiger partial charge in [-0.2, -0.15) is 0 Å². The van der Waals surface area contributed by atoms with Gasteiger partial charge in [0.25, 0.3) is 0 Å². The second kappa shape index (κ2) is 17.6. The van der Waals surface area contributed by atoms with E-state index < -0.39 is 12.2 Å². The zero-order valence-electron chi connectivity index (χ0n) is 10.6. The van der Waals surface area contributed by atoms with Gasteiger partial charge in [-0.1, -0.05) is 36.4 Å². The Bertz CT molecular complexity index is 391. The Labute approximate surface area is 129 Å². The molecule has 1 aromatic carbocycles. The quantitative estimate of drug-likeness (QED) is 0.432. The fourth-order valence-corrected chi connectivity index (χ4v) is 1.47. The van der Waals surface area contributed by atoms with Crippen LogP contribution < -0.4 is 0 Å². The van der Waals surface area contributed by atoms with Crippen molar-refractivity contribution in [1.82, 2.24) is 0 Å². The molecule has 0 aromatic heterocycles. The summed E-state index contributed by atoms with van der Waals surface area (Å²) < 4.78 is 22.5. The smallest absolute Gasteiger partial charge is 0 e. The molecule has 0 amide bonds. The van der Waals surface area contributed by atoms with Crippen molar-refractivity contribution >= 4 is 0 Å². The van der Waals surface area contributed by atoms with Gasteiger partial charge in [0.1, 0.15) is 0 Å². The summed E-state index contributed by atoms with van der Waals surface area (Å²) >= 11 is 0. The average molecular weight is 313 g/mol. The number of benzene rings is 1. The number of hydrogen-bond acceptors (Lipinski definition) is 2. The fourth-order valence-electron chi connectivity index (χ4n) is 1.47. The van der Waals surface area contributed by atoms with Crippen molar-refractivity contribution in [3.05, 3.63) is 74.9 Å². The first-order chi connectivity index (χ1) is 8.79. The summed E-state index contributed by atoms with van der Waals surface area (Å²) in [6, 6.07) is 7.36. The molecule has 1 aromatic rings. The van der Waals surface area contributed by atoms with Crippen LogP contribution in [0, 0.1) is 27.4 Å². The number of aliphatic hydroxyl groups excluding tert-OH is 2. The van der Waals surface area contributed by atoms with E-state index in [1.54, 1.807) is 12.2 Å². The molecule has 6 heteroatoms. The van der Waals surface area contributed by atoms with Crippen molar-refractivity contribution in [3.63, 3.8) is 0 Å². The Morgan fingerprint density at radius 3 is 1.25 bits per heavy atom. The van der Waals surface area contributed by atoms with Gasteiger partial charge < -0.3 is 17.6 Å². The van der Waals surface area contributed by atoms with Gasteiger partial charge in [0.15, 0.2) is 0 Å². The van der Waals surface area contributed by atoms with E-state index in [0.29, 0.717) is 0 Å². The maximum atomic E-state index is 9.48. The minimum Gasteiger partial charge on any atom is -0.358 e. The zero-order valence-corrected chi connectivity index (χ0v) is 11.9. The van der Waals surface area contributed by atoms with Crippen LogP contribution in [-0.4, -0.2) is 10.2 Å². The molecule has 5 nitrogen and oxygen atoms in total. The molecule has 0 aliphatic heterocycles. The Kier molecular flexibility index (Phi) is 23.9. The summed E-state index contributed by atoms with van der Waals surface area (Å²) in [5, 5.41) is 19.0. The van der Waals surface area contributed by atoms with E-state index in [1.165, 1.54) is 0 Å². The summed E-state index contributed by atoms with van der Waals surface area (Å²) in [5.41, 5.74) is 1.60. The largest absolute Gasteiger partial charge is 0.358 e. The van der Waals surface area contributed by atoms with Crippen LogP contribution in [0.3, 0.4) is 0 Å². The molecule has 20 heavy (non-hydrogen) atoms. The van der Waals surface area contributed by atoms with Gasteiger partial charge in [0.05, 0.1) is 12.2 Å². The molecule has 0 fully saturated rings. The first-order valence-electron chi connectivity index (χ1n) is 4.53. The standard InChI is InChI=1S/C10H10O2.3CO.CH3.Cr/c11-9-5-6-10(12)8-4-2-1-3-7(8)9;3*1-2;;/h1-6,9-12H;;;;1H3;/q;;;;-1;/t9-,10+;;;;;. The van der Waals surface area contributed by atoms with Gasteiger partial charge in [-0.15, -0.1) is 0 Å². The predicted molar refractivity (Wildman–Crippen MR) is 63.7 cm³/mol. The van der Waals surface area contributed by atoms with E-state index in [0.717, 1.165) is 11.1 Å². The molecule has 1 aliphatic rings. The molecule has 1 aliphatic carbocycles. The van der Waals surface area contributed by atoms with E-state index in [1.807, 2.05) is 24.3 Å². The van der Waals surface area contributed by atoms with Crippen LogP contribution in [0.15, 0.2) is 36.4 Å². The van der Waals surface area contributed by atoms with Crippen molar-refractivity contribution in [1.29, 1.82) is 0 Å². The Hall–Kier alpha value is -1.37. The van der Waals surface area contributed by atoms with Gasteiger partial charge in [-0.3, -0.25) is 0 Å². The predicted octanol–water partition coefficient (Wildman–Crippen LogP) is 1.66. The van der Waals surface area contributed by atoms with Crippen molar-refractivity contribution in [3.8, 4) is 0 Å². The topological polar surface area (TPSA) is 100 Å². The van der Waals surface area contributed by atoms with Crippen LogP contribution in [0.2, 0.25) is 0 Å². The molecule has 2 N–H and O–H groups in total. The fraction of sp³-hybridized carbons (Fsp3) is 0.143. The van der Waals surface area contributed by atoms with E-state index in [4.69, 9.17) is 14.0 Å². The first-order valence-corrected chi connectivity index (χ1v) is 4.53. The third kappa shape index (κ3) is 7.94. The van der Waals surface area contributed by atoms with Crippen molar-refractivity contribution < 1.29 is 41.5 Å². The molecular weight excluding hydrogens is 300 g/mol. The van der Waals surface area contributed by atoms with Crippen molar-refractivity contribution in [2.45, 2.75) is 12.2 Å². The molecule has 0 saturated carbocycles. The van der Waals surface area contributed by atoms with Gasteiger partial charge in [-0.25, -0.2) is 0 Å². The van der Waals surface area contributed by atoms with Gasteiger partial charge >= 0.3 is 33.9 Å². The molecule has 0 unspecified atom stereocenters. The number of rotatable bonds is 0. The zero-order chi connectivity index (χ0) is 14.6. The third-order valence-corrected chi connectivity index (χ3v) is 2.11. The number of hydrogen-bond donors (Lipinski definition) is 2. The molecule has 106 valence electrons. The average Bonchev–Trinajstić information content (AvgIpc) is 2.50. The maximum Gasteiger partial charge on any atom is 0 e. The first kappa shape index (κ1) is 27.1. The second-order valence-corrected chi connectivity index (χ2v) is 2.90. The summed E-state index contributed by atoms with van der Waals surface area (Å²) in [4.78, 5) is 0. The molecule has 0 radical (unpaired) electrons. The van der Waals surface area contributed by atoms with Gasteiger partial charge in [0, 0.05) is 17.4 Å². The van der Waals surface area contributed by atoms with Crippen LogP contribution in [0.5, 0.6) is 0 Å². The normalized spacial score (nSPS) is 16.4. The van der Waals surface area contributed by atoms with Crippen LogP contribution in [0.25, 0.3) is 0 Å². The van der Waals surface area contributed by atoms with E-state index in [-0.39, 0.29) is 24.8 Å². The molecule has 0 spiro atoms. The second-order valence-electron chi connectivity index (χ2n) is 2.90. The Balaban J connectivity index is -0.000000143. The minimum absolute atomic E-state index is 0. The molecule has 2 atom stereocenters. The maximum absolute atomic E-state index is 9.48. The molecule has 0 saturated heterocycles. The van der Waals surface area contributed by atoms with E-state index in [9.17, 15) is 10.2 Å². The van der Waals surface area contributed by atoms with Crippen LogP contribution in [0.4, 0.5) is 0 Å². The summed E-state index contributed by atoms with van der Waals surface area (Å²) in [6.07, 6.45) is 2.08. The van der Waals surface area contributed by atoms with Crippen LogP contribution >= 0.6 is 0 Å². The Morgan fingerprint density at radius 1 is 0.750 bits per heavy atom. The molecule has 0 heterocycles. The van der Waals surface area contributed by atoms with Crippen LogP contribution in [0.1, 0.15) is 23.3 Å². The minimum atomic E-state index is -0.565. The molecule has 2 rings (SSSR count). The van der Waals surface area contributed by atoms with Gasteiger partial charge in [-0.05, 0) is 11.1 Å². The summed E-state index contributed by atoms with van der Waals surface area (Å²) in [7, 11) is 0. The van der Waals surface area contributed by atoms with Crippen molar-refractivity contribution in [2.24, 2.45) is 0 Å². The van der Waals surface area contributed by atoms with E-state index in [2.05, 4.69) is 20.0 Å². The summed E-state index contributed by atoms with van der Waals surface area (Å²) in [6.45, 7) is 13.5. The van der Waals surface area contributed by atoms with E-state index >= 15 is 0 Å².